The van der Waals surface area contributed by atoms with Gasteiger partial charge in [0.15, 0.2) is 0 Å². The fourth-order valence-electron chi connectivity index (χ4n) is 3.24. The van der Waals surface area contributed by atoms with Crippen LogP contribution in [0.2, 0.25) is 0 Å². The Labute approximate surface area is 176 Å². The average molecular weight is 437 g/mol. The summed E-state index contributed by atoms with van der Waals surface area (Å²) in [7, 11) is 0. The van der Waals surface area contributed by atoms with Crippen LogP contribution in [0.4, 0.5) is 31.0 Å². The predicted molar refractivity (Wildman–Crippen MR) is 109 cm³/mol. The predicted octanol–water partition coefficient (Wildman–Crippen LogP) is 2.01. The zero-order chi connectivity index (χ0) is 21.7. The van der Waals surface area contributed by atoms with E-state index in [0.29, 0.717) is 64.5 Å². The summed E-state index contributed by atoms with van der Waals surface area (Å²) in [4.78, 5) is 17.3. The van der Waals surface area contributed by atoms with Crippen molar-refractivity contribution in [3.63, 3.8) is 0 Å². The monoisotopic (exact) mass is 437 g/mol. The molecule has 2 aliphatic rings. The fraction of sp³-hybridized carbons (Fsp3) is 0.474. The first-order valence-electron chi connectivity index (χ1n) is 9.87. The number of morpholine rings is 2. The Kier molecular flexibility index (Phi) is 6.47. The minimum atomic E-state index is -4.47. The van der Waals surface area contributed by atoms with Crippen molar-refractivity contribution in [3.05, 3.63) is 35.4 Å². The fourth-order valence-corrected chi connectivity index (χ4v) is 3.24. The van der Waals surface area contributed by atoms with Gasteiger partial charge in [0, 0.05) is 31.7 Å². The molecule has 3 heterocycles. The largest absolute Gasteiger partial charge is 0.417 e. The van der Waals surface area contributed by atoms with Gasteiger partial charge < -0.3 is 19.3 Å². The van der Waals surface area contributed by atoms with Crippen LogP contribution in [0.1, 0.15) is 11.1 Å². The standard InChI is InChI=1S/C19H22F3N7O2/c20-19(21,22)15-4-2-1-3-14(15)13-23-27-16-24-17(28-5-9-30-10-6-28)26-18(25-16)29-7-11-31-12-8-29/h1-4,13H,5-12H2,(H,24,25,26,27)/b23-13+. The lowest BCUT2D eigenvalue weighted by Crippen LogP contribution is -2.40. The number of halogens is 3. The molecule has 0 atom stereocenters. The molecule has 2 fully saturated rings. The average Bonchev–Trinajstić information content (AvgIpc) is 2.80. The lowest BCUT2D eigenvalue weighted by molar-refractivity contribution is -0.137. The number of aromatic nitrogens is 3. The van der Waals surface area contributed by atoms with Crippen LogP contribution in [0.15, 0.2) is 29.4 Å². The lowest BCUT2D eigenvalue weighted by atomic mass is 10.1. The molecule has 4 rings (SSSR count). The number of hydrazone groups is 1. The van der Waals surface area contributed by atoms with Crippen LogP contribution in [-0.4, -0.2) is 73.8 Å². The van der Waals surface area contributed by atoms with Crippen molar-refractivity contribution in [3.8, 4) is 0 Å². The summed E-state index contributed by atoms with van der Waals surface area (Å²) in [6.45, 7) is 4.79. The summed E-state index contributed by atoms with van der Waals surface area (Å²) in [5.74, 6) is 1.08. The first-order valence-corrected chi connectivity index (χ1v) is 9.87. The van der Waals surface area contributed by atoms with E-state index in [-0.39, 0.29) is 11.5 Å². The van der Waals surface area contributed by atoms with Crippen LogP contribution < -0.4 is 15.2 Å². The highest BCUT2D eigenvalue weighted by Crippen LogP contribution is 2.31. The van der Waals surface area contributed by atoms with Crippen LogP contribution in [-0.2, 0) is 15.7 Å². The van der Waals surface area contributed by atoms with Crippen LogP contribution >= 0.6 is 0 Å². The van der Waals surface area contributed by atoms with E-state index in [0.717, 1.165) is 12.3 Å². The highest BCUT2D eigenvalue weighted by molar-refractivity contribution is 5.82. The molecular weight excluding hydrogens is 415 g/mol. The Bertz CT molecular complexity index is 877. The van der Waals surface area contributed by atoms with Crippen LogP contribution in [0.5, 0.6) is 0 Å². The SMILES string of the molecule is FC(F)(F)c1ccccc1/C=N/Nc1nc(N2CCOCC2)nc(N2CCOCC2)n1. The van der Waals surface area contributed by atoms with Crippen LogP contribution in [0, 0.1) is 0 Å². The molecule has 2 saturated heterocycles. The van der Waals surface area contributed by atoms with Crippen molar-refractivity contribution in [1.82, 2.24) is 15.0 Å². The zero-order valence-electron chi connectivity index (χ0n) is 16.7. The van der Waals surface area contributed by atoms with Crippen molar-refractivity contribution in [2.45, 2.75) is 6.18 Å². The summed E-state index contributed by atoms with van der Waals surface area (Å²) in [6, 6.07) is 5.21. The summed E-state index contributed by atoms with van der Waals surface area (Å²) in [5, 5.41) is 3.94. The minimum Gasteiger partial charge on any atom is -0.378 e. The molecular formula is C19H22F3N7O2. The van der Waals surface area contributed by atoms with Gasteiger partial charge in [-0.15, -0.1) is 0 Å². The number of nitrogens with zero attached hydrogens (tertiary/aromatic N) is 6. The number of benzene rings is 1. The molecule has 0 spiro atoms. The van der Waals surface area contributed by atoms with Gasteiger partial charge >= 0.3 is 6.18 Å². The van der Waals surface area contributed by atoms with Gasteiger partial charge in [-0.1, -0.05) is 18.2 Å². The number of ether oxygens (including phenoxy) is 2. The smallest absolute Gasteiger partial charge is 0.378 e. The highest BCUT2D eigenvalue weighted by Gasteiger charge is 2.32. The van der Waals surface area contributed by atoms with Crippen molar-refractivity contribution in [2.75, 3.05) is 67.8 Å². The van der Waals surface area contributed by atoms with E-state index in [1.807, 2.05) is 9.80 Å². The molecule has 2 aliphatic heterocycles. The highest BCUT2D eigenvalue weighted by atomic mass is 19.4. The quantitative estimate of drug-likeness (QED) is 0.562. The number of hydrogen-bond acceptors (Lipinski definition) is 9. The Morgan fingerprint density at radius 1 is 0.871 bits per heavy atom. The molecule has 0 saturated carbocycles. The zero-order valence-corrected chi connectivity index (χ0v) is 16.7. The third-order valence-electron chi connectivity index (χ3n) is 4.83. The van der Waals surface area contributed by atoms with E-state index in [2.05, 4.69) is 25.5 Å². The Hall–Kier alpha value is -2.99. The van der Waals surface area contributed by atoms with E-state index < -0.39 is 11.7 Å². The summed E-state index contributed by atoms with van der Waals surface area (Å²) in [6.07, 6.45) is -3.36. The van der Waals surface area contributed by atoms with E-state index >= 15 is 0 Å². The molecule has 0 unspecified atom stereocenters. The molecule has 0 amide bonds. The molecule has 2 aromatic rings. The second kappa shape index (κ2) is 9.43. The third-order valence-corrected chi connectivity index (χ3v) is 4.83. The van der Waals surface area contributed by atoms with Gasteiger partial charge in [0.05, 0.1) is 38.2 Å². The number of hydrogen-bond donors (Lipinski definition) is 1. The molecule has 166 valence electrons. The Morgan fingerprint density at radius 3 is 1.97 bits per heavy atom. The second-order valence-electron chi connectivity index (χ2n) is 6.91. The van der Waals surface area contributed by atoms with Gasteiger partial charge in [-0.3, -0.25) is 0 Å². The van der Waals surface area contributed by atoms with Crippen LogP contribution in [0.3, 0.4) is 0 Å². The van der Waals surface area contributed by atoms with E-state index in [9.17, 15) is 13.2 Å². The van der Waals surface area contributed by atoms with Crippen molar-refractivity contribution >= 4 is 24.1 Å². The third kappa shape index (κ3) is 5.39. The molecule has 0 aliphatic carbocycles. The van der Waals surface area contributed by atoms with E-state index in [4.69, 9.17) is 9.47 Å². The summed E-state index contributed by atoms with van der Waals surface area (Å²) < 4.78 is 50.3. The van der Waals surface area contributed by atoms with Crippen molar-refractivity contribution in [2.24, 2.45) is 5.10 Å². The summed E-state index contributed by atoms with van der Waals surface area (Å²) >= 11 is 0. The molecule has 12 heteroatoms. The Morgan fingerprint density at radius 2 is 1.42 bits per heavy atom. The maximum Gasteiger partial charge on any atom is 0.417 e. The number of rotatable bonds is 5. The normalized spacial score (nSPS) is 17.9. The van der Waals surface area contributed by atoms with Gasteiger partial charge in [0.1, 0.15) is 0 Å². The minimum absolute atomic E-state index is 0.0571. The molecule has 31 heavy (non-hydrogen) atoms. The van der Waals surface area contributed by atoms with Gasteiger partial charge in [0.2, 0.25) is 17.8 Å². The molecule has 1 N–H and O–H groups in total. The van der Waals surface area contributed by atoms with Gasteiger partial charge in [0.25, 0.3) is 0 Å². The maximum atomic E-state index is 13.2. The molecule has 0 bridgehead atoms. The second-order valence-corrected chi connectivity index (χ2v) is 6.91. The first kappa shape index (κ1) is 21.2. The molecule has 0 radical (unpaired) electrons. The van der Waals surface area contributed by atoms with Gasteiger partial charge in [-0.05, 0) is 6.07 Å². The van der Waals surface area contributed by atoms with Gasteiger partial charge in [-0.25, -0.2) is 5.43 Å². The van der Waals surface area contributed by atoms with Crippen molar-refractivity contribution in [1.29, 1.82) is 0 Å². The maximum absolute atomic E-state index is 13.2. The summed E-state index contributed by atoms with van der Waals surface area (Å²) in [5.41, 5.74) is 1.83. The topological polar surface area (TPSA) is 88.0 Å². The van der Waals surface area contributed by atoms with Crippen LogP contribution in [0.25, 0.3) is 0 Å². The molecule has 1 aromatic carbocycles. The number of alkyl halides is 3. The first-order chi connectivity index (χ1) is 15.0. The van der Waals surface area contributed by atoms with Gasteiger partial charge in [-0.2, -0.15) is 33.2 Å². The number of anilines is 3. The van der Waals surface area contributed by atoms with E-state index in [1.165, 1.54) is 18.2 Å². The molecule has 9 nitrogen and oxygen atoms in total. The molecule has 1 aromatic heterocycles. The van der Waals surface area contributed by atoms with Crippen molar-refractivity contribution < 1.29 is 22.6 Å². The lowest BCUT2D eigenvalue weighted by Gasteiger charge is -2.30. The van der Waals surface area contributed by atoms with E-state index in [1.54, 1.807) is 0 Å². The number of nitrogens with one attached hydrogen (secondary N) is 1. The Balaban J connectivity index is 1.57.